The first-order valence-corrected chi connectivity index (χ1v) is 9.73. The number of hydrogen-bond donors (Lipinski definition) is 1. The van der Waals surface area contributed by atoms with E-state index in [1.165, 1.54) is 5.56 Å². The third-order valence-electron chi connectivity index (χ3n) is 4.76. The largest absolute Gasteiger partial charge is 0.476 e. The molecule has 0 radical (unpaired) electrons. The van der Waals surface area contributed by atoms with Gasteiger partial charge in [-0.25, -0.2) is 9.78 Å². The van der Waals surface area contributed by atoms with Crippen LogP contribution in [0.1, 0.15) is 33.4 Å². The minimum Gasteiger partial charge on any atom is -0.476 e. The maximum Gasteiger partial charge on any atom is 0.355 e. The van der Waals surface area contributed by atoms with Crippen LogP contribution >= 0.6 is 11.3 Å². The Bertz CT molecular complexity index is 1160. The molecule has 0 aliphatic carbocycles. The molecule has 2 heterocycles. The lowest BCUT2D eigenvalue weighted by Crippen LogP contribution is -2.05. The first-order chi connectivity index (χ1) is 13.0. The minimum atomic E-state index is -0.965. The molecule has 0 aliphatic heterocycles. The zero-order valence-corrected chi connectivity index (χ0v) is 16.3. The van der Waals surface area contributed by atoms with E-state index in [0.29, 0.717) is 5.69 Å². The van der Waals surface area contributed by atoms with Crippen LogP contribution in [0.15, 0.2) is 48.5 Å². The highest BCUT2D eigenvalue weighted by molar-refractivity contribution is 7.17. The van der Waals surface area contributed by atoms with Gasteiger partial charge in [-0.2, -0.15) is 0 Å². The van der Waals surface area contributed by atoms with E-state index in [0.717, 1.165) is 38.6 Å². The van der Waals surface area contributed by atoms with Crippen LogP contribution in [0.2, 0.25) is 0 Å². The predicted molar refractivity (Wildman–Crippen MR) is 110 cm³/mol. The topological polar surface area (TPSA) is 54.6 Å². The Morgan fingerprint density at radius 1 is 1.15 bits per heavy atom. The summed E-state index contributed by atoms with van der Waals surface area (Å²) in [5.74, 6) is -0.965. The van der Waals surface area contributed by atoms with Gasteiger partial charge >= 0.3 is 5.97 Å². The van der Waals surface area contributed by atoms with E-state index >= 15 is 0 Å². The van der Waals surface area contributed by atoms with Crippen LogP contribution in [-0.4, -0.2) is 20.5 Å². The molecule has 0 bridgehead atoms. The van der Waals surface area contributed by atoms with Gasteiger partial charge in [-0.15, -0.1) is 11.3 Å². The molecule has 0 saturated heterocycles. The molecule has 0 unspecified atom stereocenters. The number of nitrogens with zero attached hydrogens (tertiary/aromatic N) is 2. The SMILES string of the molecule is CCc1sc2nc(-c3ccccc3)c(C(=O)O)n2c1-c1ccc(C)cc1C. The van der Waals surface area contributed by atoms with Crippen LogP contribution in [0.5, 0.6) is 0 Å². The molecule has 0 fully saturated rings. The molecule has 0 amide bonds. The van der Waals surface area contributed by atoms with Crippen molar-refractivity contribution in [2.45, 2.75) is 27.2 Å². The number of benzene rings is 2. The molecule has 5 heteroatoms. The molecule has 4 aromatic rings. The smallest absolute Gasteiger partial charge is 0.355 e. The molecular weight excluding hydrogens is 356 g/mol. The fraction of sp³-hybridized carbons (Fsp3) is 0.182. The van der Waals surface area contributed by atoms with Crippen LogP contribution in [0.4, 0.5) is 0 Å². The molecule has 4 rings (SSSR count). The summed E-state index contributed by atoms with van der Waals surface area (Å²) in [6, 6.07) is 15.8. The number of carbonyl (C=O) groups is 1. The van der Waals surface area contributed by atoms with Crippen LogP contribution in [-0.2, 0) is 6.42 Å². The summed E-state index contributed by atoms with van der Waals surface area (Å²) in [6.45, 7) is 6.23. The van der Waals surface area contributed by atoms with Crippen molar-refractivity contribution in [1.82, 2.24) is 9.38 Å². The zero-order valence-electron chi connectivity index (χ0n) is 15.5. The van der Waals surface area contributed by atoms with Gasteiger partial charge in [0.1, 0.15) is 5.69 Å². The molecular formula is C22H20N2O2S. The number of imidazole rings is 1. The monoisotopic (exact) mass is 376 g/mol. The predicted octanol–water partition coefficient (Wildman–Crippen LogP) is 5.61. The van der Waals surface area contributed by atoms with Crippen LogP contribution in [0.25, 0.3) is 27.5 Å². The molecule has 0 spiro atoms. The van der Waals surface area contributed by atoms with Crippen LogP contribution in [0.3, 0.4) is 0 Å². The molecule has 0 saturated carbocycles. The Kier molecular flexibility index (Phi) is 4.32. The van der Waals surface area contributed by atoms with Gasteiger partial charge < -0.3 is 5.11 Å². The van der Waals surface area contributed by atoms with E-state index in [1.54, 1.807) is 11.3 Å². The normalized spacial score (nSPS) is 11.2. The number of aromatic carboxylic acids is 1. The standard InChI is InChI=1S/C22H20N2O2S/c1-4-17-19(16-11-10-13(2)12-14(16)3)24-20(21(25)26)18(23-22(24)27-17)15-8-6-5-7-9-15/h5-12H,4H2,1-3H3,(H,25,26). The van der Waals surface area contributed by atoms with Crippen LogP contribution in [0, 0.1) is 13.8 Å². The number of thiazole rings is 1. The average molecular weight is 376 g/mol. The Balaban J connectivity index is 2.09. The van der Waals surface area contributed by atoms with Crippen LogP contribution < -0.4 is 0 Å². The second-order valence-corrected chi connectivity index (χ2v) is 7.71. The highest BCUT2D eigenvalue weighted by atomic mass is 32.1. The van der Waals surface area contributed by atoms with Gasteiger partial charge in [-0.3, -0.25) is 4.40 Å². The number of rotatable bonds is 4. The number of carboxylic acid groups (broad SMARTS) is 1. The van der Waals surface area contributed by atoms with Gasteiger partial charge in [0.2, 0.25) is 0 Å². The number of aryl methyl sites for hydroxylation is 3. The first-order valence-electron chi connectivity index (χ1n) is 8.91. The average Bonchev–Trinajstić information content (AvgIpc) is 3.18. The number of aromatic nitrogens is 2. The molecule has 0 atom stereocenters. The van der Waals surface area contributed by atoms with Crippen molar-refractivity contribution >= 4 is 22.3 Å². The second-order valence-electron chi connectivity index (χ2n) is 6.64. The number of fused-ring (bicyclic) bond motifs is 1. The van der Waals surface area contributed by atoms with E-state index < -0.39 is 5.97 Å². The maximum atomic E-state index is 12.2. The lowest BCUT2D eigenvalue weighted by molar-refractivity contribution is 0.0690. The van der Waals surface area contributed by atoms with E-state index in [1.807, 2.05) is 34.7 Å². The summed E-state index contributed by atoms with van der Waals surface area (Å²) in [5, 5.41) is 10.0. The van der Waals surface area contributed by atoms with Crippen molar-refractivity contribution < 1.29 is 9.90 Å². The van der Waals surface area contributed by atoms with Crippen molar-refractivity contribution in [3.8, 4) is 22.5 Å². The molecule has 2 aromatic heterocycles. The minimum absolute atomic E-state index is 0.224. The summed E-state index contributed by atoms with van der Waals surface area (Å²) in [5.41, 5.74) is 5.89. The Morgan fingerprint density at radius 2 is 1.89 bits per heavy atom. The zero-order chi connectivity index (χ0) is 19.1. The molecule has 136 valence electrons. The molecule has 2 aromatic carbocycles. The summed E-state index contributed by atoms with van der Waals surface area (Å²) in [4.78, 5) is 18.8. The van der Waals surface area contributed by atoms with Crippen molar-refractivity contribution in [3.05, 3.63) is 70.2 Å². The lowest BCUT2D eigenvalue weighted by atomic mass is 10.0. The Hall–Kier alpha value is -2.92. The van der Waals surface area contributed by atoms with Crippen molar-refractivity contribution in [2.75, 3.05) is 0 Å². The lowest BCUT2D eigenvalue weighted by Gasteiger charge is -2.10. The quantitative estimate of drug-likeness (QED) is 0.504. The highest BCUT2D eigenvalue weighted by Gasteiger charge is 2.26. The van der Waals surface area contributed by atoms with E-state index in [-0.39, 0.29) is 5.69 Å². The summed E-state index contributed by atoms with van der Waals surface area (Å²) < 4.78 is 1.83. The number of carboxylic acids is 1. The third kappa shape index (κ3) is 2.84. The highest BCUT2D eigenvalue weighted by Crippen LogP contribution is 2.38. The first kappa shape index (κ1) is 17.5. The van der Waals surface area contributed by atoms with Crippen molar-refractivity contribution in [2.24, 2.45) is 0 Å². The van der Waals surface area contributed by atoms with Gasteiger partial charge in [0.05, 0.1) is 5.69 Å². The second kappa shape index (κ2) is 6.67. The van der Waals surface area contributed by atoms with Gasteiger partial charge in [-0.05, 0) is 25.8 Å². The summed E-state index contributed by atoms with van der Waals surface area (Å²) in [6.07, 6.45) is 0.830. The van der Waals surface area contributed by atoms with Crippen molar-refractivity contribution in [3.63, 3.8) is 0 Å². The summed E-state index contributed by atoms with van der Waals surface area (Å²) in [7, 11) is 0. The number of hydrogen-bond acceptors (Lipinski definition) is 3. The van der Waals surface area contributed by atoms with Gasteiger partial charge in [-0.1, -0.05) is 61.0 Å². The van der Waals surface area contributed by atoms with E-state index in [9.17, 15) is 9.90 Å². The molecule has 1 N–H and O–H groups in total. The maximum absolute atomic E-state index is 12.2. The Morgan fingerprint density at radius 3 is 2.52 bits per heavy atom. The van der Waals surface area contributed by atoms with E-state index in [4.69, 9.17) is 4.98 Å². The third-order valence-corrected chi connectivity index (χ3v) is 5.94. The summed E-state index contributed by atoms with van der Waals surface area (Å²) >= 11 is 1.57. The molecule has 0 aliphatic rings. The van der Waals surface area contributed by atoms with Gasteiger partial charge in [0.15, 0.2) is 10.7 Å². The van der Waals surface area contributed by atoms with Gasteiger partial charge in [0, 0.05) is 16.0 Å². The fourth-order valence-electron chi connectivity index (χ4n) is 3.54. The van der Waals surface area contributed by atoms with Crippen molar-refractivity contribution in [1.29, 1.82) is 0 Å². The molecule has 4 nitrogen and oxygen atoms in total. The van der Waals surface area contributed by atoms with Gasteiger partial charge in [0.25, 0.3) is 0 Å². The Labute approximate surface area is 161 Å². The fourth-order valence-corrected chi connectivity index (χ4v) is 4.62. The van der Waals surface area contributed by atoms with E-state index in [2.05, 4.69) is 39.0 Å². The molecule has 27 heavy (non-hydrogen) atoms.